The highest BCUT2D eigenvalue weighted by atomic mass is 16.5. The van der Waals surface area contributed by atoms with E-state index >= 15 is 0 Å². The zero-order valence-corrected chi connectivity index (χ0v) is 13.4. The Morgan fingerprint density at radius 1 is 0.909 bits per heavy atom. The van der Waals surface area contributed by atoms with Crippen LogP contribution in [0.25, 0.3) is 6.08 Å². The Hall–Kier alpha value is -2.62. The van der Waals surface area contributed by atoms with Crippen LogP contribution in [-0.2, 0) is 0 Å². The summed E-state index contributed by atoms with van der Waals surface area (Å²) in [6.45, 7) is 0. The first kappa shape index (κ1) is 15.8. The van der Waals surface area contributed by atoms with E-state index in [1.165, 1.54) is 0 Å². The van der Waals surface area contributed by atoms with Crippen LogP contribution in [0.2, 0.25) is 0 Å². The van der Waals surface area contributed by atoms with Crippen LogP contribution >= 0.6 is 0 Å². The van der Waals surface area contributed by atoms with Crippen molar-refractivity contribution in [3.8, 4) is 17.2 Å². The van der Waals surface area contributed by atoms with Crippen molar-refractivity contribution >= 4 is 6.08 Å². The molecule has 0 fully saturated rings. The maximum Gasteiger partial charge on any atom is 0.203 e. The Labute approximate surface area is 131 Å². The fourth-order valence-corrected chi connectivity index (χ4v) is 2.10. The van der Waals surface area contributed by atoms with Gasteiger partial charge >= 0.3 is 0 Å². The summed E-state index contributed by atoms with van der Waals surface area (Å²) in [5, 5.41) is 0. The van der Waals surface area contributed by atoms with Gasteiger partial charge in [0.05, 0.1) is 21.3 Å². The molecule has 1 aliphatic heterocycles. The van der Waals surface area contributed by atoms with E-state index in [-0.39, 0.29) is 0 Å². The molecule has 1 aromatic rings. The van der Waals surface area contributed by atoms with Crippen molar-refractivity contribution in [3.63, 3.8) is 0 Å². The van der Waals surface area contributed by atoms with Gasteiger partial charge in [-0.2, -0.15) is 0 Å². The fourth-order valence-electron chi connectivity index (χ4n) is 2.10. The van der Waals surface area contributed by atoms with Gasteiger partial charge < -0.3 is 19.1 Å². The van der Waals surface area contributed by atoms with E-state index in [1.807, 2.05) is 54.7 Å². The summed E-state index contributed by atoms with van der Waals surface area (Å²) in [5.74, 6) is 1.89. The fraction of sp³-hybridized carbons (Fsp3) is 0.222. The molecular formula is C18H21NO3. The van der Waals surface area contributed by atoms with Gasteiger partial charge in [0.15, 0.2) is 11.5 Å². The third-order valence-corrected chi connectivity index (χ3v) is 3.27. The highest BCUT2D eigenvalue weighted by Crippen LogP contribution is 2.38. The highest BCUT2D eigenvalue weighted by molar-refractivity contribution is 5.64. The van der Waals surface area contributed by atoms with E-state index in [4.69, 9.17) is 14.2 Å². The minimum Gasteiger partial charge on any atom is -0.493 e. The van der Waals surface area contributed by atoms with E-state index in [9.17, 15) is 0 Å². The first-order chi connectivity index (χ1) is 10.7. The van der Waals surface area contributed by atoms with Crippen molar-refractivity contribution < 1.29 is 14.2 Å². The molecule has 0 saturated heterocycles. The first-order valence-electron chi connectivity index (χ1n) is 6.94. The average Bonchev–Trinajstić information content (AvgIpc) is 2.76. The van der Waals surface area contributed by atoms with Crippen LogP contribution in [0.3, 0.4) is 0 Å². The molecule has 0 N–H and O–H groups in total. The van der Waals surface area contributed by atoms with Crippen LogP contribution in [0.15, 0.2) is 54.4 Å². The van der Waals surface area contributed by atoms with Gasteiger partial charge in [-0.3, -0.25) is 0 Å². The molecule has 1 heterocycles. The van der Waals surface area contributed by atoms with Crippen molar-refractivity contribution in [1.82, 2.24) is 4.90 Å². The molecule has 0 spiro atoms. The lowest BCUT2D eigenvalue weighted by molar-refractivity contribution is 0.324. The highest BCUT2D eigenvalue weighted by Gasteiger charge is 2.11. The summed E-state index contributed by atoms with van der Waals surface area (Å²) >= 11 is 0. The number of hydrogen-bond donors (Lipinski definition) is 0. The van der Waals surface area contributed by atoms with Crippen molar-refractivity contribution in [2.45, 2.75) is 0 Å². The van der Waals surface area contributed by atoms with Gasteiger partial charge in [-0.15, -0.1) is 0 Å². The number of hydrogen-bond acceptors (Lipinski definition) is 4. The van der Waals surface area contributed by atoms with Gasteiger partial charge in [0.25, 0.3) is 0 Å². The molecule has 22 heavy (non-hydrogen) atoms. The average molecular weight is 299 g/mol. The lowest BCUT2D eigenvalue weighted by Gasteiger charge is -2.12. The Morgan fingerprint density at radius 3 is 2.18 bits per heavy atom. The Bertz CT molecular complexity index is 617. The summed E-state index contributed by atoms with van der Waals surface area (Å²) in [4.78, 5) is 2.00. The number of ether oxygens (including phenoxy) is 3. The third kappa shape index (κ3) is 3.73. The largest absolute Gasteiger partial charge is 0.493 e. The monoisotopic (exact) mass is 299 g/mol. The number of nitrogens with zero attached hydrogens (tertiary/aromatic N) is 1. The molecule has 0 unspecified atom stereocenters. The molecule has 4 heteroatoms. The normalized spacial score (nSPS) is 14.0. The van der Waals surface area contributed by atoms with Gasteiger partial charge in [0, 0.05) is 19.4 Å². The molecule has 0 radical (unpaired) electrons. The number of allylic oxidation sites excluding steroid dienone is 5. The second-order valence-electron chi connectivity index (χ2n) is 4.78. The van der Waals surface area contributed by atoms with Crippen LogP contribution < -0.4 is 14.2 Å². The van der Waals surface area contributed by atoms with Crippen molar-refractivity contribution in [3.05, 3.63) is 60.0 Å². The van der Waals surface area contributed by atoms with Crippen molar-refractivity contribution in [2.24, 2.45) is 0 Å². The minimum atomic E-state index is 0.597. The van der Waals surface area contributed by atoms with Crippen LogP contribution in [0.4, 0.5) is 0 Å². The topological polar surface area (TPSA) is 30.9 Å². The first-order valence-corrected chi connectivity index (χ1v) is 6.94. The van der Waals surface area contributed by atoms with Crippen LogP contribution in [-0.4, -0.2) is 33.3 Å². The minimum absolute atomic E-state index is 0.597. The van der Waals surface area contributed by atoms with Crippen LogP contribution in [0.5, 0.6) is 17.2 Å². The van der Waals surface area contributed by atoms with Gasteiger partial charge in [-0.25, -0.2) is 0 Å². The molecular weight excluding hydrogens is 278 g/mol. The molecule has 2 rings (SSSR count). The predicted molar refractivity (Wildman–Crippen MR) is 89.3 cm³/mol. The van der Waals surface area contributed by atoms with E-state index in [0.29, 0.717) is 17.2 Å². The number of rotatable bonds is 5. The summed E-state index contributed by atoms with van der Waals surface area (Å²) in [5.41, 5.74) is 2.08. The molecule has 0 bridgehead atoms. The third-order valence-electron chi connectivity index (χ3n) is 3.27. The zero-order chi connectivity index (χ0) is 15.9. The number of methoxy groups -OCH3 is 3. The lowest BCUT2D eigenvalue weighted by Crippen LogP contribution is -1.97. The summed E-state index contributed by atoms with van der Waals surface area (Å²) in [6.07, 6.45) is 14.2. The molecule has 1 aromatic carbocycles. The lowest BCUT2D eigenvalue weighted by atomic mass is 10.1. The van der Waals surface area contributed by atoms with E-state index in [1.54, 1.807) is 21.3 Å². The summed E-state index contributed by atoms with van der Waals surface area (Å²) in [6, 6.07) is 3.83. The molecule has 0 atom stereocenters. The zero-order valence-electron chi connectivity index (χ0n) is 13.4. The molecule has 0 aromatic heterocycles. The molecule has 4 nitrogen and oxygen atoms in total. The standard InChI is InChI=1S/C18H21NO3/c1-19-10-5-6-14(9-11-19)7-8-15-12-16(20-2)18(22-4)17(13-15)21-3/h5-13H,1-4H3/b8-7-. The second kappa shape index (κ2) is 7.41. The van der Waals surface area contributed by atoms with Crippen molar-refractivity contribution in [1.29, 1.82) is 0 Å². The Balaban J connectivity index is 2.30. The molecule has 1 aliphatic rings. The van der Waals surface area contributed by atoms with E-state index in [0.717, 1.165) is 11.1 Å². The summed E-state index contributed by atoms with van der Waals surface area (Å²) in [7, 11) is 6.82. The molecule has 0 amide bonds. The van der Waals surface area contributed by atoms with Crippen LogP contribution in [0, 0.1) is 0 Å². The maximum atomic E-state index is 5.36. The summed E-state index contributed by atoms with van der Waals surface area (Å²) < 4.78 is 16.0. The smallest absolute Gasteiger partial charge is 0.203 e. The van der Waals surface area contributed by atoms with E-state index < -0.39 is 0 Å². The predicted octanol–water partition coefficient (Wildman–Crippen LogP) is 3.62. The second-order valence-corrected chi connectivity index (χ2v) is 4.78. The van der Waals surface area contributed by atoms with Crippen LogP contribution in [0.1, 0.15) is 5.56 Å². The van der Waals surface area contributed by atoms with Gasteiger partial charge in [0.1, 0.15) is 0 Å². The van der Waals surface area contributed by atoms with Gasteiger partial charge in [0.2, 0.25) is 5.75 Å². The SMILES string of the molecule is COc1cc(/C=C\C2=CC=CN(C)C=C2)cc(OC)c1OC. The van der Waals surface area contributed by atoms with Gasteiger partial charge in [-0.1, -0.05) is 18.2 Å². The maximum absolute atomic E-state index is 5.36. The van der Waals surface area contributed by atoms with Crippen molar-refractivity contribution in [2.75, 3.05) is 28.4 Å². The van der Waals surface area contributed by atoms with E-state index in [2.05, 4.69) is 12.2 Å². The number of benzene rings is 1. The van der Waals surface area contributed by atoms with Gasteiger partial charge in [-0.05, 0) is 35.4 Å². The molecule has 0 aliphatic carbocycles. The Kier molecular flexibility index (Phi) is 5.31. The quantitative estimate of drug-likeness (QED) is 0.831. The molecule has 0 saturated carbocycles. The molecule has 116 valence electrons. The Morgan fingerprint density at radius 2 is 1.59 bits per heavy atom.